The predicted molar refractivity (Wildman–Crippen MR) is 70.2 cm³/mol. The van der Waals surface area contributed by atoms with Gasteiger partial charge in [0.1, 0.15) is 5.82 Å². The average Bonchev–Trinajstić information content (AvgIpc) is 2.39. The van der Waals surface area contributed by atoms with E-state index >= 15 is 0 Å². The fraction of sp³-hybridized carbons (Fsp3) is 0.533. The van der Waals surface area contributed by atoms with Crippen LogP contribution >= 0.6 is 0 Å². The highest BCUT2D eigenvalue weighted by Crippen LogP contribution is 2.19. The fourth-order valence-corrected chi connectivity index (χ4v) is 2.56. The molecule has 0 radical (unpaired) electrons. The Morgan fingerprint density at radius 2 is 2.11 bits per heavy atom. The van der Waals surface area contributed by atoms with Crippen LogP contribution in [0.3, 0.4) is 0 Å². The summed E-state index contributed by atoms with van der Waals surface area (Å²) < 4.78 is 12.8. The summed E-state index contributed by atoms with van der Waals surface area (Å²) in [6.45, 7) is 4.69. The molecule has 1 aliphatic rings. The maximum absolute atomic E-state index is 12.8. The SMILES string of the molecule is CCC1CCCN(CC(=O)c2ccc(F)cc2)C1. The van der Waals surface area contributed by atoms with Crippen molar-refractivity contribution in [2.45, 2.75) is 26.2 Å². The molecule has 0 N–H and O–H groups in total. The summed E-state index contributed by atoms with van der Waals surface area (Å²) in [5.41, 5.74) is 0.607. The van der Waals surface area contributed by atoms with Gasteiger partial charge in [-0.05, 0) is 49.6 Å². The lowest BCUT2D eigenvalue weighted by atomic mass is 9.95. The molecule has 0 aromatic heterocycles. The molecule has 1 unspecified atom stereocenters. The molecule has 0 aliphatic carbocycles. The average molecular weight is 249 g/mol. The summed E-state index contributed by atoms with van der Waals surface area (Å²) >= 11 is 0. The Kier molecular flexibility index (Phi) is 4.48. The second-order valence-corrected chi connectivity index (χ2v) is 5.08. The normalized spacial score (nSPS) is 20.9. The van der Waals surface area contributed by atoms with E-state index in [1.165, 1.54) is 31.4 Å². The first-order chi connectivity index (χ1) is 8.69. The summed E-state index contributed by atoms with van der Waals surface area (Å²) in [5, 5.41) is 0. The van der Waals surface area contributed by atoms with Crippen LogP contribution in [0.4, 0.5) is 4.39 Å². The Hall–Kier alpha value is -1.22. The Balaban J connectivity index is 1.92. The molecular formula is C15H20FNO. The molecule has 0 saturated carbocycles. The van der Waals surface area contributed by atoms with Crippen molar-refractivity contribution in [2.24, 2.45) is 5.92 Å². The van der Waals surface area contributed by atoms with Crippen molar-refractivity contribution in [3.05, 3.63) is 35.6 Å². The molecule has 18 heavy (non-hydrogen) atoms. The molecule has 98 valence electrons. The molecule has 1 saturated heterocycles. The van der Waals surface area contributed by atoms with Crippen LogP contribution in [0.1, 0.15) is 36.5 Å². The van der Waals surface area contributed by atoms with Gasteiger partial charge in [-0.1, -0.05) is 13.3 Å². The quantitative estimate of drug-likeness (QED) is 0.764. The van der Waals surface area contributed by atoms with Gasteiger partial charge in [0.2, 0.25) is 0 Å². The van der Waals surface area contributed by atoms with Gasteiger partial charge in [0.05, 0.1) is 6.54 Å². The van der Waals surface area contributed by atoms with Crippen molar-refractivity contribution < 1.29 is 9.18 Å². The minimum absolute atomic E-state index is 0.0896. The molecule has 1 aromatic carbocycles. The van der Waals surface area contributed by atoms with E-state index in [2.05, 4.69) is 11.8 Å². The van der Waals surface area contributed by atoms with Gasteiger partial charge in [0, 0.05) is 12.1 Å². The first-order valence-corrected chi connectivity index (χ1v) is 6.70. The third-order valence-electron chi connectivity index (χ3n) is 3.71. The smallest absolute Gasteiger partial charge is 0.176 e. The molecule has 1 fully saturated rings. The van der Waals surface area contributed by atoms with Gasteiger partial charge < -0.3 is 0 Å². The van der Waals surface area contributed by atoms with Crippen molar-refractivity contribution in [2.75, 3.05) is 19.6 Å². The molecule has 1 aliphatic heterocycles. The minimum Gasteiger partial charge on any atom is -0.296 e. The Morgan fingerprint density at radius 3 is 2.78 bits per heavy atom. The fourth-order valence-electron chi connectivity index (χ4n) is 2.56. The van der Waals surface area contributed by atoms with E-state index in [-0.39, 0.29) is 11.6 Å². The Bertz CT molecular complexity index is 401. The molecule has 1 heterocycles. The highest BCUT2D eigenvalue weighted by Gasteiger charge is 2.20. The number of likely N-dealkylation sites (tertiary alicyclic amines) is 1. The van der Waals surface area contributed by atoms with Crippen LogP contribution < -0.4 is 0 Å². The van der Waals surface area contributed by atoms with Crippen molar-refractivity contribution in [3.63, 3.8) is 0 Å². The number of carbonyl (C=O) groups excluding carboxylic acids is 1. The van der Waals surface area contributed by atoms with Crippen molar-refractivity contribution in [1.82, 2.24) is 4.90 Å². The Labute approximate surface area is 108 Å². The van der Waals surface area contributed by atoms with Gasteiger partial charge in [0.25, 0.3) is 0 Å². The molecular weight excluding hydrogens is 229 g/mol. The van der Waals surface area contributed by atoms with E-state index in [1.54, 1.807) is 12.1 Å². The predicted octanol–water partition coefficient (Wildman–Crippen LogP) is 3.13. The minimum atomic E-state index is -0.296. The second-order valence-electron chi connectivity index (χ2n) is 5.08. The monoisotopic (exact) mass is 249 g/mol. The lowest BCUT2D eigenvalue weighted by molar-refractivity contribution is 0.0884. The summed E-state index contributed by atoms with van der Waals surface area (Å²) in [7, 11) is 0. The number of Topliss-reactive ketones (excluding diaryl/α,β-unsaturated/α-hetero) is 1. The van der Waals surface area contributed by atoms with Gasteiger partial charge in [-0.25, -0.2) is 4.39 Å². The van der Waals surface area contributed by atoms with Gasteiger partial charge in [-0.15, -0.1) is 0 Å². The van der Waals surface area contributed by atoms with Gasteiger partial charge in [0.15, 0.2) is 5.78 Å². The van der Waals surface area contributed by atoms with E-state index in [0.29, 0.717) is 12.1 Å². The van der Waals surface area contributed by atoms with Crippen LogP contribution in [-0.4, -0.2) is 30.3 Å². The zero-order chi connectivity index (χ0) is 13.0. The highest BCUT2D eigenvalue weighted by molar-refractivity contribution is 5.97. The number of benzene rings is 1. The van der Waals surface area contributed by atoms with E-state index in [0.717, 1.165) is 19.0 Å². The van der Waals surface area contributed by atoms with Gasteiger partial charge >= 0.3 is 0 Å². The summed E-state index contributed by atoms with van der Waals surface area (Å²) in [6.07, 6.45) is 3.63. The van der Waals surface area contributed by atoms with Crippen LogP contribution in [0.2, 0.25) is 0 Å². The molecule has 3 heteroatoms. The van der Waals surface area contributed by atoms with Crippen LogP contribution in [0.15, 0.2) is 24.3 Å². The zero-order valence-corrected chi connectivity index (χ0v) is 10.9. The second kappa shape index (κ2) is 6.10. The van der Waals surface area contributed by atoms with Crippen LogP contribution in [0, 0.1) is 11.7 Å². The number of ketones is 1. The van der Waals surface area contributed by atoms with E-state index in [4.69, 9.17) is 0 Å². The number of piperidine rings is 1. The van der Waals surface area contributed by atoms with E-state index in [1.807, 2.05) is 0 Å². The number of hydrogen-bond donors (Lipinski definition) is 0. The van der Waals surface area contributed by atoms with E-state index in [9.17, 15) is 9.18 Å². The van der Waals surface area contributed by atoms with Crippen molar-refractivity contribution >= 4 is 5.78 Å². The summed E-state index contributed by atoms with van der Waals surface area (Å²) in [5.74, 6) is 0.516. The molecule has 2 rings (SSSR count). The van der Waals surface area contributed by atoms with E-state index < -0.39 is 0 Å². The van der Waals surface area contributed by atoms with Crippen molar-refractivity contribution in [1.29, 1.82) is 0 Å². The number of hydrogen-bond acceptors (Lipinski definition) is 2. The summed E-state index contributed by atoms with van der Waals surface area (Å²) in [4.78, 5) is 14.3. The molecule has 2 nitrogen and oxygen atoms in total. The summed E-state index contributed by atoms with van der Waals surface area (Å²) in [6, 6.07) is 5.83. The lowest BCUT2D eigenvalue weighted by Gasteiger charge is -2.31. The third kappa shape index (κ3) is 3.39. The molecule has 0 bridgehead atoms. The first kappa shape index (κ1) is 13.2. The standard InChI is InChI=1S/C15H20FNO/c1-2-12-4-3-9-17(10-12)11-15(18)13-5-7-14(16)8-6-13/h5-8,12H,2-4,9-11H2,1H3. The van der Waals surface area contributed by atoms with Crippen LogP contribution in [0.5, 0.6) is 0 Å². The number of nitrogens with zero attached hydrogens (tertiary/aromatic N) is 1. The molecule has 0 amide bonds. The highest BCUT2D eigenvalue weighted by atomic mass is 19.1. The molecule has 1 atom stereocenters. The molecule has 1 aromatic rings. The van der Waals surface area contributed by atoms with Crippen molar-refractivity contribution in [3.8, 4) is 0 Å². The maximum atomic E-state index is 12.8. The van der Waals surface area contributed by atoms with Gasteiger partial charge in [-0.3, -0.25) is 9.69 Å². The van der Waals surface area contributed by atoms with Gasteiger partial charge in [-0.2, -0.15) is 0 Å². The van der Waals surface area contributed by atoms with Crippen LogP contribution in [0.25, 0.3) is 0 Å². The zero-order valence-electron chi connectivity index (χ0n) is 10.9. The third-order valence-corrected chi connectivity index (χ3v) is 3.71. The van der Waals surface area contributed by atoms with Crippen LogP contribution in [-0.2, 0) is 0 Å². The maximum Gasteiger partial charge on any atom is 0.176 e. The number of halogens is 1. The number of carbonyl (C=O) groups is 1. The Morgan fingerprint density at radius 1 is 1.39 bits per heavy atom. The largest absolute Gasteiger partial charge is 0.296 e. The number of rotatable bonds is 4. The topological polar surface area (TPSA) is 20.3 Å². The first-order valence-electron chi connectivity index (χ1n) is 6.70. The molecule has 0 spiro atoms. The lowest BCUT2D eigenvalue weighted by Crippen LogP contribution is -2.38.